The van der Waals surface area contributed by atoms with Crippen LogP contribution in [0.3, 0.4) is 0 Å². The first-order valence-electron chi connectivity index (χ1n) is 19.1. The van der Waals surface area contributed by atoms with Crippen LogP contribution in [0.1, 0.15) is 41.5 Å². The zero-order valence-corrected chi connectivity index (χ0v) is 31.7. The fourth-order valence-electron chi connectivity index (χ4n) is 6.63. The summed E-state index contributed by atoms with van der Waals surface area (Å²) in [6.45, 7) is 0. The van der Waals surface area contributed by atoms with Crippen LogP contribution in [0.2, 0.25) is 0 Å². The lowest BCUT2D eigenvalue weighted by molar-refractivity contribution is -0.142. The molecule has 2 aliphatic heterocycles. The molecule has 4 aromatic carbocycles. The fraction of sp³-hybridized carbons (Fsp3) is 0.250. The van der Waals surface area contributed by atoms with Crippen molar-refractivity contribution in [3.05, 3.63) is 150 Å². The SMILES string of the molecule is O=C1CCC(=O)N[C@H](CCc2ccccc2)C(=O)N[C@@H](Cc2ccc(-n3cccn3)cc2)C(=O)N[C@H](Cc2ccccc2)C(=O)N[C@H](C(=O)O)Cc2ccc(cc2)N1. The number of carbonyl (C=O) groups excluding carboxylic acids is 5. The van der Waals surface area contributed by atoms with E-state index in [4.69, 9.17) is 0 Å². The molecule has 0 unspecified atom stereocenters. The van der Waals surface area contributed by atoms with Crippen LogP contribution in [0.25, 0.3) is 5.69 Å². The number of carboxylic acid groups (broad SMARTS) is 1. The molecule has 298 valence electrons. The quantitative estimate of drug-likeness (QED) is 0.122. The van der Waals surface area contributed by atoms with Crippen molar-refractivity contribution in [1.29, 1.82) is 0 Å². The summed E-state index contributed by atoms with van der Waals surface area (Å²) in [7, 11) is 0. The summed E-state index contributed by atoms with van der Waals surface area (Å²) in [6.07, 6.45) is 3.61. The average molecular weight is 784 g/mol. The number of fused-ring (bicyclic) bond motifs is 18. The van der Waals surface area contributed by atoms with Gasteiger partial charge in [-0.05, 0) is 65.4 Å². The van der Waals surface area contributed by atoms with Gasteiger partial charge >= 0.3 is 5.97 Å². The predicted molar refractivity (Wildman–Crippen MR) is 216 cm³/mol. The average Bonchev–Trinajstić information content (AvgIpc) is 3.77. The second-order valence-electron chi connectivity index (χ2n) is 14.1. The van der Waals surface area contributed by atoms with Crippen LogP contribution in [-0.4, -0.2) is 74.6 Å². The Balaban J connectivity index is 1.33. The van der Waals surface area contributed by atoms with E-state index in [2.05, 4.69) is 31.7 Å². The van der Waals surface area contributed by atoms with E-state index < -0.39 is 59.7 Å². The molecule has 2 aliphatic rings. The first-order valence-corrected chi connectivity index (χ1v) is 19.1. The summed E-state index contributed by atoms with van der Waals surface area (Å²) in [5.41, 5.74) is 4.09. The second-order valence-corrected chi connectivity index (χ2v) is 14.1. The number of carboxylic acids is 1. The number of aryl methyl sites for hydroxylation is 1. The first kappa shape index (κ1) is 40.6. The molecule has 0 saturated carbocycles. The van der Waals surface area contributed by atoms with Gasteiger partial charge in [0.05, 0.1) is 5.69 Å². The molecule has 0 aliphatic carbocycles. The van der Waals surface area contributed by atoms with E-state index >= 15 is 0 Å². The number of anilines is 1. The highest BCUT2D eigenvalue weighted by molar-refractivity contribution is 5.96. The van der Waals surface area contributed by atoms with E-state index in [1.165, 1.54) is 0 Å². The van der Waals surface area contributed by atoms with Crippen LogP contribution in [0, 0.1) is 0 Å². The standard InChI is InChI=1S/C44H45N7O7/c52-39-22-23-40(53)47-35(21-16-29-8-3-1-4-9-29)41(54)48-37(27-32-14-19-34(20-15-32)51-25-7-24-45-51)42(55)49-36(26-30-10-5-2-6-11-30)43(56)50-38(44(57)58)28-31-12-17-33(46-39)18-13-31/h1-15,17-20,24-25,35-38H,16,21-23,26-28H2,(H,46,52)(H,47,53)(H,48,54)(H,49,55)(H,50,56)(H,57,58)/t35-,36-,37+,38+/m1/s1. The Bertz CT molecular complexity index is 2180. The van der Waals surface area contributed by atoms with E-state index in [-0.39, 0.29) is 38.5 Å². The molecule has 1 aromatic heterocycles. The number of carbonyl (C=O) groups is 6. The maximum Gasteiger partial charge on any atom is 0.326 e. The summed E-state index contributed by atoms with van der Waals surface area (Å²) in [5, 5.41) is 28.2. The zero-order chi connectivity index (χ0) is 40.9. The van der Waals surface area contributed by atoms with E-state index in [1.807, 2.05) is 48.5 Å². The van der Waals surface area contributed by atoms with Gasteiger partial charge in [0.25, 0.3) is 0 Å². The molecule has 0 radical (unpaired) electrons. The van der Waals surface area contributed by atoms with Gasteiger partial charge in [0.1, 0.15) is 24.2 Å². The fourth-order valence-corrected chi connectivity index (χ4v) is 6.63. The number of hydrogen-bond acceptors (Lipinski definition) is 7. The summed E-state index contributed by atoms with van der Waals surface area (Å²) in [6, 6.07) is 29.0. The summed E-state index contributed by atoms with van der Waals surface area (Å²) >= 11 is 0. The molecule has 58 heavy (non-hydrogen) atoms. The number of nitrogens with zero attached hydrogens (tertiary/aromatic N) is 2. The Morgan fingerprint density at radius 2 is 1.19 bits per heavy atom. The maximum absolute atomic E-state index is 14.4. The number of rotatable bonds is 9. The van der Waals surface area contributed by atoms with Crippen LogP contribution < -0.4 is 26.6 Å². The van der Waals surface area contributed by atoms with Crippen LogP contribution in [0.5, 0.6) is 0 Å². The highest BCUT2D eigenvalue weighted by Gasteiger charge is 2.32. The normalized spacial score (nSPS) is 19.8. The van der Waals surface area contributed by atoms with E-state index in [9.17, 15) is 33.9 Å². The number of nitrogens with one attached hydrogen (secondary N) is 5. The van der Waals surface area contributed by atoms with Gasteiger partial charge in [-0.1, -0.05) is 84.9 Å². The molecule has 0 spiro atoms. The van der Waals surface area contributed by atoms with Crippen molar-refractivity contribution in [2.75, 3.05) is 5.32 Å². The molecule has 3 heterocycles. The zero-order valence-electron chi connectivity index (χ0n) is 31.7. The Kier molecular flexibility index (Phi) is 13.8. The Morgan fingerprint density at radius 1 is 0.621 bits per heavy atom. The molecule has 5 amide bonds. The van der Waals surface area contributed by atoms with E-state index in [1.54, 1.807) is 83.8 Å². The lowest BCUT2D eigenvalue weighted by Crippen LogP contribution is -2.59. The van der Waals surface area contributed by atoms with Crippen molar-refractivity contribution in [2.24, 2.45) is 0 Å². The van der Waals surface area contributed by atoms with Gasteiger partial charge in [0.2, 0.25) is 29.5 Å². The van der Waals surface area contributed by atoms with E-state index in [0.717, 1.165) is 11.3 Å². The van der Waals surface area contributed by atoms with Crippen molar-refractivity contribution in [1.82, 2.24) is 31.0 Å². The van der Waals surface area contributed by atoms with Gasteiger partial charge in [-0.3, -0.25) is 24.0 Å². The Morgan fingerprint density at radius 3 is 1.79 bits per heavy atom. The lowest BCUT2D eigenvalue weighted by Gasteiger charge is -2.26. The van der Waals surface area contributed by atoms with Crippen LogP contribution in [-0.2, 0) is 54.5 Å². The summed E-state index contributed by atoms with van der Waals surface area (Å²) < 4.78 is 1.68. The number of benzene rings is 4. The van der Waals surface area contributed by atoms with Gasteiger partial charge in [-0.2, -0.15) is 5.10 Å². The minimum atomic E-state index is -1.36. The molecule has 0 saturated heterocycles. The molecule has 7 rings (SSSR count). The van der Waals surface area contributed by atoms with Crippen molar-refractivity contribution in [3.8, 4) is 5.69 Å². The maximum atomic E-state index is 14.4. The van der Waals surface area contributed by atoms with Crippen LogP contribution in [0.15, 0.2) is 128 Å². The van der Waals surface area contributed by atoms with Crippen molar-refractivity contribution >= 4 is 41.2 Å². The molecule has 5 aromatic rings. The third kappa shape index (κ3) is 11.7. The van der Waals surface area contributed by atoms with Crippen LogP contribution in [0.4, 0.5) is 5.69 Å². The third-order valence-corrected chi connectivity index (χ3v) is 9.78. The first-order chi connectivity index (χ1) is 28.1. The highest BCUT2D eigenvalue weighted by atomic mass is 16.4. The molecule has 2 bridgehead atoms. The van der Waals surface area contributed by atoms with Crippen molar-refractivity contribution < 1.29 is 33.9 Å². The Labute approximate surface area is 335 Å². The van der Waals surface area contributed by atoms with E-state index in [0.29, 0.717) is 28.8 Å². The number of aliphatic carboxylic acids is 1. The second kappa shape index (κ2) is 19.7. The number of aromatic nitrogens is 2. The predicted octanol–water partition coefficient (Wildman–Crippen LogP) is 3.29. The molecular weight excluding hydrogens is 739 g/mol. The lowest BCUT2D eigenvalue weighted by atomic mass is 10.00. The van der Waals surface area contributed by atoms with Gasteiger partial charge in [-0.25, -0.2) is 9.48 Å². The summed E-state index contributed by atoms with van der Waals surface area (Å²) in [4.78, 5) is 81.1. The highest BCUT2D eigenvalue weighted by Crippen LogP contribution is 2.15. The van der Waals surface area contributed by atoms with Gasteiger partial charge in [0, 0.05) is 50.2 Å². The van der Waals surface area contributed by atoms with Crippen molar-refractivity contribution in [2.45, 2.75) is 69.1 Å². The van der Waals surface area contributed by atoms with Crippen molar-refractivity contribution in [3.63, 3.8) is 0 Å². The largest absolute Gasteiger partial charge is 0.480 e. The molecular formula is C44H45N7O7. The van der Waals surface area contributed by atoms with Gasteiger partial charge < -0.3 is 31.7 Å². The van der Waals surface area contributed by atoms with Gasteiger partial charge in [0.15, 0.2) is 0 Å². The van der Waals surface area contributed by atoms with Gasteiger partial charge in [-0.15, -0.1) is 0 Å². The Hall–Kier alpha value is -7.09. The molecule has 4 atom stereocenters. The number of hydrogen-bond donors (Lipinski definition) is 6. The molecule has 14 nitrogen and oxygen atoms in total. The monoisotopic (exact) mass is 783 g/mol. The topological polar surface area (TPSA) is 201 Å². The summed E-state index contributed by atoms with van der Waals surface area (Å²) in [5.74, 6) is -4.31. The molecule has 0 fully saturated rings. The smallest absolute Gasteiger partial charge is 0.326 e. The minimum absolute atomic E-state index is 0.00370. The third-order valence-electron chi connectivity index (χ3n) is 9.78. The molecule has 6 N–H and O–H groups in total. The minimum Gasteiger partial charge on any atom is -0.480 e. The molecule has 14 heteroatoms. The van der Waals surface area contributed by atoms with Crippen LogP contribution >= 0.6 is 0 Å². The number of amides is 5.